The summed E-state index contributed by atoms with van der Waals surface area (Å²) in [4.78, 5) is 35.0. The Kier molecular flexibility index (Phi) is 44.3. The van der Waals surface area contributed by atoms with Crippen molar-refractivity contribution >= 4 is 19.8 Å². The fourth-order valence-electron chi connectivity index (χ4n) is 7.22. The van der Waals surface area contributed by atoms with Gasteiger partial charge in [-0.2, -0.15) is 0 Å². The lowest BCUT2D eigenvalue weighted by atomic mass is 10.0. The van der Waals surface area contributed by atoms with Crippen molar-refractivity contribution in [1.29, 1.82) is 0 Å². The molecule has 0 bridgehead atoms. The van der Waals surface area contributed by atoms with Crippen LogP contribution in [0.3, 0.4) is 0 Å². The van der Waals surface area contributed by atoms with Crippen molar-refractivity contribution in [2.45, 2.75) is 258 Å². The highest BCUT2D eigenvalue weighted by Gasteiger charge is 2.26. The van der Waals surface area contributed by atoms with Gasteiger partial charge >= 0.3 is 19.8 Å². The molecule has 1 unspecified atom stereocenters. The van der Waals surface area contributed by atoms with Crippen LogP contribution in [0.1, 0.15) is 251 Å². The number of carbonyl (C=O) groups excluding carboxylic acids is 2. The Morgan fingerprint density at radius 1 is 0.500 bits per heavy atom. The molecule has 0 saturated heterocycles. The number of nitrogens with two attached hydrogens (primary N) is 1. The second-order valence-corrected chi connectivity index (χ2v) is 18.1. The number of allylic oxidation sites excluding steroid dienone is 2. The molecule has 0 aromatic heterocycles. The summed E-state index contributed by atoms with van der Waals surface area (Å²) in [7, 11) is -4.38. The Labute approximate surface area is 358 Å². The van der Waals surface area contributed by atoms with Gasteiger partial charge in [0.05, 0.1) is 13.2 Å². The first kappa shape index (κ1) is 56.8. The molecular formula is C48H94NO8P. The molecule has 0 fully saturated rings. The SMILES string of the molecule is CCCCCCCCCCC/C=C/CCCCC(=O)OC[C@H](COP(=O)(O)OCCN)OC(=O)CCCCCCCCCCCCCCCCCCCCCCCC. The van der Waals surface area contributed by atoms with Crippen LogP contribution in [-0.4, -0.2) is 49.3 Å². The van der Waals surface area contributed by atoms with E-state index in [4.69, 9.17) is 24.3 Å². The molecule has 10 heteroatoms. The number of hydrogen-bond donors (Lipinski definition) is 2. The number of unbranched alkanes of at least 4 members (excludes halogenated alkanes) is 32. The van der Waals surface area contributed by atoms with Gasteiger partial charge in [0.25, 0.3) is 0 Å². The van der Waals surface area contributed by atoms with Gasteiger partial charge in [-0.25, -0.2) is 4.57 Å². The number of rotatable bonds is 47. The van der Waals surface area contributed by atoms with Crippen molar-refractivity contribution in [3.8, 4) is 0 Å². The molecule has 0 heterocycles. The van der Waals surface area contributed by atoms with Crippen LogP contribution in [0.25, 0.3) is 0 Å². The molecular weight excluding hydrogens is 750 g/mol. The van der Waals surface area contributed by atoms with E-state index in [2.05, 4.69) is 26.0 Å². The third-order valence-electron chi connectivity index (χ3n) is 10.9. The second-order valence-electron chi connectivity index (χ2n) is 16.7. The second kappa shape index (κ2) is 45.3. The van der Waals surface area contributed by atoms with E-state index in [1.54, 1.807) is 0 Å². The average Bonchev–Trinajstić information content (AvgIpc) is 3.21. The molecule has 0 aliphatic heterocycles. The zero-order valence-electron chi connectivity index (χ0n) is 38.1. The van der Waals surface area contributed by atoms with E-state index in [1.807, 2.05) is 0 Å². The van der Waals surface area contributed by atoms with E-state index in [9.17, 15) is 19.0 Å². The molecule has 58 heavy (non-hydrogen) atoms. The van der Waals surface area contributed by atoms with Crippen molar-refractivity contribution in [2.24, 2.45) is 5.73 Å². The van der Waals surface area contributed by atoms with Crippen molar-refractivity contribution in [1.82, 2.24) is 0 Å². The highest BCUT2D eigenvalue weighted by atomic mass is 31.2. The first-order valence-corrected chi connectivity index (χ1v) is 26.2. The molecule has 0 aliphatic rings. The summed E-state index contributed by atoms with van der Waals surface area (Å²) in [6.45, 7) is 3.76. The maximum atomic E-state index is 12.6. The highest BCUT2D eigenvalue weighted by molar-refractivity contribution is 7.47. The van der Waals surface area contributed by atoms with Gasteiger partial charge in [0.1, 0.15) is 6.61 Å². The lowest BCUT2D eigenvalue weighted by Gasteiger charge is -2.19. The molecule has 0 aliphatic carbocycles. The Hall–Kier alpha value is -1.25. The van der Waals surface area contributed by atoms with Crippen LogP contribution < -0.4 is 5.73 Å². The largest absolute Gasteiger partial charge is 0.472 e. The summed E-state index contributed by atoms with van der Waals surface area (Å²) in [6, 6.07) is 0. The van der Waals surface area contributed by atoms with Crippen LogP contribution in [0, 0.1) is 0 Å². The summed E-state index contributed by atoms with van der Waals surface area (Å²) in [5, 5.41) is 0. The minimum absolute atomic E-state index is 0.0541. The standard InChI is InChI=1S/C48H94NO8P/c1-3-5-7-9-11-13-15-17-19-20-21-22-23-24-25-27-29-31-33-35-37-39-41-48(51)57-46(45-56-58(52,53)55-43-42-49)44-54-47(50)40-38-36-34-32-30-28-26-18-16-14-12-10-8-6-4-2/h30,32,46H,3-29,31,33-45,49H2,1-2H3,(H,52,53)/b32-30+/t46-/m1/s1. The zero-order valence-corrected chi connectivity index (χ0v) is 38.9. The molecule has 2 atom stereocenters. The van der Waals surface area contributed by atoms with Crippen LogP contribution in [0.4, 0.5) is 0 Å². The van der Waals surface area contributed by atoms with Crippen molar-refractivity contribution in [3.63, 3.8) is 0 Å². The lowest BCUT2D eigenvalue weighted by Crippen LogP contribution is -2.29. The van der Waals surface area contributed by atoms with Gasteiger partial charge in [-0.3, -0.25) is 18.6 Å². The van der Waals surface area contributed by atoms with E-state index < -0.39 is 32.5 Å². The minimum Gasteiger partial charge on any atom is -0.462 e. The number of ether oxygens (including phenoxy) is 2. The van der Waals surface area contributed by atoms with Gasteiger partial charge in [0.2, 0.25) is 0 Å². The topological polar surface area (TPSA) is 134 Å². The van der Waals surface area contributed by atoms with Crippen LogP contribution in [0.5, 0.6) is 0 Å². The highest BCUT2D eigenvalue weighted by Crippen LogP contribution is 2.43. The maximum Gasteiger partial charge on any atom is 0.472 e. The normalized spacial score (nSPS) is 13.2. The van der Waals surface area contributed by atoms with Gasteiger partial charge in [0.15, 0.2) is 6.10 Å². The van der Waals surface area contributed by atoms with Crippen LogP contribution in [-0.2, 0) is 32.7 Å². The number of hydrogen-bond acceptors (Lipinski definition) is 8. The summed E-state index contributed by atoms with van der Waals surface area (Å²) in [5.74, 6) is -0.839. The first-order valence-electron chi connectivity index (χ1n) is 24.7. The quantitative estimate of drug-likeness (QED) is 0.0266. The van der Waals surface area contributed by atoms with Gasteiger partial charge < -0.3 is 20.1 Å². The summed E-state index contributed by atoms with van der Waals surface area (Å²) in [6.07, 6.45) is 48.3. The smallest absolute Gasteiger partial charge is 0.462 e. The zero-order chi connectivity index (χ0) is 42.5. The molecule has 0 radical (unpaired) electrons. The Morgan fingerprint density at radius 2 is 0.845 bits per heavy atom. The maximum absolute atomic E-state index is 12.6. The first-order chi connectivity index (χ1) is 28.3. The number of esters is 2. The molecule has 9 nitrogen and oxygen atoms in total. The Balaban J connectivity index is 4.03. The molecule has 0 aromatic rings. The van der Waals surface area contributed by atoms with Crippen molar-refractivity contribution in [2.75, 3.05) is 26.4 Å². The fourth-order valence-corrected chi connectivity index (χ4v) is 7.99. The van der Waals surface area contributed by atoms with E-state index in [0.717, 1.165) is 32.1 Å². The average molecular weight is 844 g/mol. The van der Waals surface area contributed by atoms with Crippen molar-refractivity contribution < 1.29 is 37.6 Å². The monoisotopic (exact) mass is 844 g/mol. The Bertz CT molecular complexity index is 964. The van der Waals surface area contributed by atoms with Gasteiger partial charge in [-0.15, -0.1) is 0 Å². The predicted molar refractivity (Wildman–Crippen MR) is 243 cm³/mol. The molecule has 0 saturated carbocycles. The lowest BCUT2D eigenvalue weighted by molar-refractivity contribution is -0.161. The van der Waals surface area contributed by atoms with E-state index in [0.29, 0.717) is 12.8 Å². The summed E-state index contributed by atoms with van der Waals surface area (Å²) in [5.41, 5.74) is 5.36. The molecule has 0 aromatic carbocycles. The summed E-state index contributed by atoms with van der Waals surface area (Å²) < 4.78 is 32.9. The van der Waals surface area contributed by atoms with E-state index in [-0.39, 0.29) is 32.6 Å². The molecule has 0 rings (SSSR count). The minimum atomic E-state index is -4.38. The molecule has 0 spiro atoms. The van der Waals surface area contributed by atoms with E-state index >= 15 is 0 Å². The Morgan fingerprint density at radius 3 is 1.26 bits per heavy atom. The number of carbonyl (C=O) groups is 2. The predicted octanol–water partition coefficient (Wildman–Crippen LogP) is 14.6. The number of phosphoric ester groups is 1. The van der Waals surface area contributed by atoms with Crippen LogP contribution in [0.2, 0.25) is 0 Å². The number of phosphoric acid groups is 1. The third kappa shape index (κ3) is 44.3. The van der Waals surface area contributed by atoms with Gasteiger partial charge in [-0.1, -0.05) is 212 Å². The fraction of sp³-hybridized carbons (Fsp3) is 0.917. The van der Waals surface area contributed by atoms with Crippen LogP contribution in [0.15, 0.2) is 12.2 Å². The summed E-state index contributed by atoms with van der Waals surface area (Å²) >= 11 is 0. The van der Waals surface area contributed by atoms with E-state index in [1.165, 1.54) is 180 Å². The molecule has 3 N–H and O–H groups in total. The third-order valence-corrected chi connectivity index (χ3v) is 11.9. The molecule has 0 amide bonds. The van der Waals surface area contributed by atoms with Crippen LogP contribution >= 0.6 is 7.82 Å². The van der Waals surface area contributed by atoms with Crippen molar-refractivity contribution in [3.05, 3.63) is 12.2 Å². The molecule has 344 valence electrons. The van der Waals surface area contributed by atoms with Gasteiger partial charge in [-0.05, 0) is 38.5 Å². The van der Waals surface area contributed by atoms with Gasteiger partial charge in [0, 0.05) is 19.4 Å².